The van der Waals surface area contributed by atoms with Crippen LogP contribution in [0.15, 0.2) is 60.8 Å². The molecule has 0 bridgehead atoms. The van der Waals surface area contributed by atoms with E-state index in [-0.39, 0.29) is 18.0 Å². The van der Waals surface area contributed by atoms with Crippen molar-refractivity contribution < 1.29 is 14.5 Å². The van der Waals surface area contributed by atoms with Gasteiger partial charge in [-0.3, -0.25) is 24.6 Å². The maximum Gasteiger partial charge on any atom is 0.269 e. The van der Waals surface area contributed by atoms with E-state index in [1.807, 2.05) is 44.2 Å². The van der Waals surface area contributed by atoms with Gasteiger partial charge in [-0.15, -0.1) is 0 Å². The number of non-ortho nitro benzene ring substituents is 1. The Morgan fingerprint density at radius 1 is 1.00 bits per heavy atom. The Hall–Kier alpha value is -3.36. The van der Waals surface area contributed by atoms with E-state index < -0.39 is 28.8 Å². The number of nitro benzene ring substituents is 1. The fourth-order valence-corrected chi connectivity index (χ4v) is 3.04. The smallest absolute Gasteiger partial charge is 0.269 e. The molecular weight excluding hydrogens is 396 g/mol. The van der Waals surface area contributed by atoms with E-state index in [4.69, 9.17) is 11.5 Å². The van der Waals surface area contributed by atoms with Gasteiger partial charge in [-0.25, -0.2) is 0 Å². The second kappa shape index (κ2) is 11.1. The van der Waals surface area contributed by atoms with Crippen molar-refractivity contribution >= 4 is 23.6 Å². The molecule has 2 aromatic carbocycles. The Bertz CT molecular complexity index is 926. The van der Waals surface area contributed by atoms with Gasteiger partial charge in [0, 0.05) is 18.3 Å². The van der Waals surface area contributed by atoms with Crippen molar-refractivity contribution in [3.63, 3.8) is 0 Å². The highest BCUT2D eigenvalue weighted by molar-refractivity contribution is 6.01. The third-order valence-electron chi connectivity index (χ3n) is 4.65. The molecule has 0 aliphatic heterocycles. The lowest BCUT2D eigenvalue weighted by Gasteiger charge is -2.24. The lowest BCUT2D eigenvalue weighted by atomic mass is 10.0. The van der Waals surface area contributed by atoms with Crippen LogP contribution in [0.25, 0.3) is 6.08 Å². The summed E-state index contributed by atoms with van der Waals surface area (Å²) in [6.45, 7) is 3.89. The van der Waals surface area contributed by atoms with E-state index in [9.17, 15) is 19.7 Å². The zero-order valence-electron chi connectivity index (χ0n) is 17.7. The Kier molecular flexibility index (Phi) is 8.60. The molecule has 0 spiro atoms. The molecule has 0 heterocycles. The predicted octanol–water partition coefficient (Wildman–Crippen LogP) is 2.86. The van der Waals surface area contributed by atoms with Crippen molar-refractivity contribution in [1.82, 2.24) is 4.90 Å². The van der Waals surface area contributed by atoms with Crippen molar-refractivity contribution in [1.29, 1.82) is 0 Å². The van der Waals surface area contributed by atoms with Crippen molar-refractivity contribution in [2.24, 2.45) is 17.4 Å². The van der Waals surface area contributed by atoms with Crippen LogP contribution < -0.4 is 11.5 Å². The van der Waals surface area contributed by atoms with E-state index in [0.717, 1.165) is 10.5 Å². The number of nitrogens with two attached hydrogens (primary N) is 2. The van der Waals surface area contributed by atoms with E-state index in [1.165, 1.54) is 18.3 Å². The van der Waals surface area contributed by atoms with E-state index >= 15 is 0 Å². The Balaban J connectivity index is 2.21. The van der Waals surface area contributed by atoms with Gasteiger partial charge in [-0.2, -0.15) is 0 Å². The average Bonchev–Trinajstić information content (AvgIpc) is 2.74. The second-order valence-corrected chi connectivity index (χ2v) is 7.74. The van der Waals surface area contributed by atoms with E-state index in [2.05, 4.69) is 0 Å². The molecule has 2 amide bonds. The molecule has 0 aliphatic rings. The first-order chi connectivity index (χ1) is 14.7. The van der Waals surface area contributed by atoms with Crippen LogP contribution >= 0.6 is 0 Å². The monoisotopic (exact) mass is 424 g/mol. The summed E-state index contributed by atoms with van der Waals surface area (Å²) < 4.78 is 0. The number of imide groups is 1. The van der Waals surface area contributed by atoms with Crippen LogP contribution in [0.3, 0.4) is 0 Å². The van der Waals surface area contributed by atoms with Crippen molar-refractivity contribution in [3.8, 4) is 0 Å². The van der Waals surface area contributed by atoms with Gasteiger partial charge < -0.3 is 11.5 Å². The number of amides is 2. The third kappa shape index (κ3) is 7.13. The fourth-order valence-electron chi connectivity index (χ4n) is 3.04. The zero-order chi connectivity index (χ0) is 23.0. The van der Waals surface area contributed by atoms with E-state index in [1.54, 1.807) is 18.2 Å². The second-order valence-electron chi connectivity index (χ2n) is 7.74. The first-order valence-corrected chi connectivity index (χ1v) is 10.0. The molecule has 0 radical (unpaired) electrons. The molecule has 31 heavy (non-hydrogen) atoms. The molecule has 0 aromatic heterocycles. The van der Waals surface area contributed by atoms with Crippen LogP contribution in [-0.2, 0) is 16.0 Å². The third-order valence-corrected chi connectivity index (χ3v) is 4.65. The molecule has 0 fully saturated rings. The van der Waals surface area contributed by atoms with Gasteiger partial charge >= 0.3 is 0 Å². The first kappa shape index (κ1) is 23.9. The SMILES string of the molecule is CC(C)C[C@H](N)C(=O)N(C=Cc1ccccc1)C(=O)[C@@H](N)Cc1ccc([N+](=O)[O-])cc1. The molecule has 164 valence electrons. The number of nitro groups is 1. The predicted molar refractivity (Wildman–Crippen MR) is 120 cm³/mol. The molecule has 8 heteroatoms. The minimum absolute atomic E-state index is 0.0501. The van der Waals surface area contributed by atoms with Gasteiger partial charge in [-0.1, -0.05) is 56.3 Å². The molecule has 2 rings (SSSR count). The highest BCUT2D eigenvalue weighted by Crippen LogP contribution is 2.15. The molecular formula is C23H28N4O4. The highest BCUT2D eigenvalue weighted by Gasteiger charge is 2.29. The van der Waals surface area contributed by atoms with Crippen LogP contribution in [0.1, 0.15) is 31.4 Å². The number of rotatable bonds is 9. The van der Waals surface area contributed by atoms with Gasteiger partial charge in [0.1, 0.15) is 0 Å². The standard InChI is InChI=1S/C23H28N4O4/c1-16(2)14-20(24)22(28)26(13-12-17-6-4-3-5-7-17)23(29)21(25)15-18-8-10-19(11-9-18)27(30)31/h3-13,16,20-21H,14-15,24-25H2,1-2H3/t20-,21-/m0/s1. The summed E-state index contributed by atoms with van der Waals surface area (Å²) in [6, 6.07) is 13.2. The zero-order valence-corrected chi connectivity index (χ0v) is 17.7. The summed E-state index contributed by atoms with van der Waals surface area (Å²) in [6.07, 6.45) is 3.60. The Labute approximate surface area is 181 Å². The van der Waals surface area contributed by atoms with Gasteiger partial charge in [-0.05, 0) is 36.0 Å². The van der Waals surface area contributed by atoms with Crippen LogP contribution in [-0.4, -0.2) is 33.7 Å². The van der Waals surface area contributed by atoms with Crippen molar-refractivity contribution in [2.75, 3.05) is 0 Å². The van der Waals surface area contributed by atoms with Gasteiger partial charge in [0.25, 0.3) is 11.6 Å². The quantitative estimate of drug-likeness (QED) is 0.470. The summed E-state index contributed by atoms with van der Waals surface area (Å²) >= 11 is 0. The molecule has 0 aliphatic carbocycles. The lowest BCUT2D eigenvalue weighted by Crippen LogP contribution is -2.50. The van der Waals surface area contributed by atoms with Crippen LogP contribution in [0, 0.1) is 16.0 Å². The summed E-state index contributed by atoms with van der Waals surface area (Å²) in [7, 11) is 0. The minimum Gasteiger partial charge on any atom is -0.320 e. The van der Waals surface area contributed by atoms with Crippen LogP contribution in [0.2, 0.25) is 0 Å². The molecule has 0 saturated carbocycles. The summed E-state index contributed by atoms with van der Waals surface area (Å²) in [5.74, 6) is -0.928. The number of hydrogen-bond acceptors (Lipinski definition) is 6. The van der Waals surface area contributed by atoms with Crippen LogP contribution in [0.5, 0.6) is 0 Å². The molecule has 2 atom stereocenters. The number of carbonyl (C=O) groups is 2. The molecule has 0 unspecified atom stereocenters. The van der Waals surface area contributed by atoms with Crippen molar-refractivity contribution in [2.45, 2.75) is 38.8 Å². The van der Waals surface area contributed by atoms with Gasteiger partial charge in [0.15, 0.2) is 0 Å². The maximum atomic E-state index is 13.0. The normalized spacial score (nSPS) is 13.2. The van der Waals surface area contributed by atoms with Crippen LogP contribution in [0.4, 0.5) is 5.69 Å². The van der Waals surface area contributed by atoms with Crippen molar-refractivity contribution in [3.05, 3.63) is 82.0 Å². The van der Waals surface area contributed by atoms with Gasteiger partial charge in [0.05, 0.1) is 17.0 Å². The first-order valence-electron chi connectivity index (χ1n) is 10.0. The fraction of sp³-hybridized carbons (Fsp3) is 0.304. The van der Waals surface area contributed by atoms with E-state index in [0.29, 0.717) is 12.0 Å². The molecule has 0 saturated heterocycles. The molecule has 2 aromatic rings. The average molecular weight is 425 g/mol. The topological polar surface area (TPSA) is 133 Å². The number of carbonyl (C=O) groups excluding carboxylic acids is 2. The number of benzene rings is 2. The maximum absolute atomic E-state index is 13.0. The lowest BCUT2D eigenvalue weighted by molar-refractivity contribution is -0.384. The van der Waals surface area contributed by atoms with Gasteiger partial charge in [0.2, 0.25) is 5.91 Å². The highest BCUT2D eigenvalue weighted by atomic mass is 16.6. The largest absolute Gasteiger partial charge is 0.320 e. The summed E-state index contributed by atoms with van der Waals surface area (Å²) in [4.78, 5) is 37.2. The number of nitrogens with zero attached hydrogens (tertiary/aromatic N) is 2. The minimum atomic E-state index is -1.02. The molecule has 8 nitrogen and oxygen atoms in total. The Morgan fingerprint density at radius 3 is 2.13 bits per heavy atom. The molecule has 4 N–H and O–H groups in total. The summed E-state index contributed by atoms with van der Waals surface area (Å²) in [5.41, 5.74) is 13.6. The number of hydrogen-bond donors (Lipinski definition) is 2. The Morgan fingerprint density at radius 2 is 1.58 bits per heavy atom. The summed E-state index contributed by atoms with van der Waals surface area (Å²) in [5, 5.41) is 10.8.